The lowest BCUT2D eigenvalue weighted by molar-refractivity contribution is -0.267. The van der Waals surface area contributed by atoms with Crippen LogP contribution in [0.15, 0.2) is 48.7 Å². The van der Waals surface area contributed by atoms with Gasteiger partial charge < -0.3 is 33.0 Å². The van der Waals surface area contributed by atoms with Gasteiger partial charge >= 0.3 is 29.8 Å². The van der Waals surface area contributed by atoms with Crippen molar-refractivity contribution in [2.45, 2.75) is 85.5 Å². The highest BCUT2D eigenvalue weighted by Gasteiger charge is 2.53. The average Bonchev–Trinajstić information content (AvgIpc) is 3.33. The first-order valence-electron chi connectivity index (χ1n) is 14.9. The molecule has 0 unspecified atom stereocenters. The number of carbonyl (C=O) groups is 5. The molecule has 1 aromatic heterocycles. The summed E-state index contributed by atoms with van der Waals surface area (Å²) < 4.78 is 35.6. The fourth-order valence-electron chi connectivity index (χ4n) is 5.28. The third kappa shape index (κ3) is 8.69. The van der Waals surface area contributed by atoms with Gasteiger partial charge in [-0.3, -0.25) is 24.0 Å². The fourth-order valence-corrected chi connectivity index (χ4v) is 5.57. The van der Waals surface area contributed by atoms with Crippen molar-refractivity contribution in [2.24, 2.45) is 5.41 Å². The summed E-state index contributed by atoms with van der Waals surface area (Å²) in [5.74, 6) is -2.71. The number of esters is 5. The number of carbonyl (C=O) groups excluding carboxylic acids is 5. The minimum absolute atomic E-state index is 0.354. The molecule has 0 aliphatic carbocycles. The summed E-state index contributed by atoms with van der Waals surface area (Å²) in [6.07, 6.45) is -4.00. The van der Waals surface area contributed by atoms with Gasteiger partial charge in [-0.05, 0) is 62.6 Å². The van der Waals surface area contributed by atoms with E-state index in [-0.39, 0.29) is 12.6 Å². The Hall–Kier alpha value is -4.42. The molecule has 1 aliphatic heterocycles. The van der Waals surface area contributed by atoms with Crippen LogP contribution in [0.2, 0.25) is 5.02 Å². The van der Waals surface area contributed by atoms with Gasteiger partial charge in [0.05, 0.1) is 16.0 Å². The lowest BCUT2D eigenvalue weighted by Crippen LogP contribution is -2.60. The highest BCUT2D eigenvalue weighted by Crippen LogP contribution is 2.39. The lowest BCUT2D eigenvalue weighted by Gasteiger charge is -2.44. The molecule has 3 aromatic rings. The largest absolute Gasteiger partial charge is 0.463 e. The standard InChI is InChI=1S/C34H38ClNO11/c1-18(37)42-17-27-29(43-19(2)38)30(44-20(3)39)31(45-21(4)40)32(47-27)36-16-23(28-25(35)9-8-10-26(28)36)15-22-11-13-24(14-12-22)46-33(41)34(5,6)7/h8-14,16,27,29-32H,15,17H2,1-7H3/t27-,29-,30+,31-,32-/m1/s1. The predicted octanol–water partition coefficient (Wildman–Crippen LogP) is 5.09. The van der Waals surface area contributed by atoms with Gasteiger partial charge in [-0.1, -0.05) is 29.8 Å². The van der Waals surface area contributed by atoms with E-state index in [2.05, 4.69) is 0 Å². The van der Waals surface area contributed by atoms with Crippen molar-refractivity contribution >= 4 is 52.4 Å². The molecule has 0 radical (unpaired) electrons. The Bertz CT molecular complexity index is 1660. The van der Waals surface area contributed by atoms with E-state index in [0.29, 0.717) is 28.1 Å². The number of halogens is 1. The van der Waals surface area contributed by atoms with Gasteiger partial charge in [0, 0.05) is 39.3 Å². The molecule has 1 saturated heterocycles. The molecule has 0 N–H and O–H groups in total. The van der Waals surface area contributed by atoms with Crippen molar-refractivity contribution in [1.82, 2.24) is 4.57 Å². The van der Waals surface area contributed by atoms with Crippen molar-refractivity contribution in [2.75, 3.05) is 6.61 Å². The molecular formula is C34H38ClNO11. The first-order valence-corrected chi connectivity index (χ1v) is 15.3. The first kappa shape index (κ1) is 35.4. The van der Waals surface area contributed by atoms with Crippen molar-refractivity contribution < 1.29 is 52.4 Å². The molecule has 0 amide bonds. The van der Waals surface area contributed by atoms with Crippen LogP contribution in [0.25, 0.3) is 10.9 Å². The van der Waals surface area contributed by atoms with Crippen molar-refractivity contribution in [1.29, 1.82) is 0 Å². The molecule has 2 aromatic carbocycles. The quantitative estimate of drug-likeness (QED) is 0.170. The van der Waals surface area contributed by atoms with Crippen LogP contribution in [-0.2, 0) is 54.1 Å². The van der Waals surface area contributed by atoms with E-state index in [1.54, 1.807) is 61.9 Å². The van der Waals surface area contributed by atoms with Crippen LogP contribution in [-0.4, -0.2) is 65.4 Å². The van der Waals surface area contributed by atoms with Crippen LogP contribution in [0.4, 0.5) is 0 Å². The lowest BCUT2D eigenvalue weighted by atomic mass is 9.97. The Morgan fingerprint density at radius 3 is 1.98 bits per heavy atom. The second-order valence-electron chi connectivity index (χ2n) is 12.2. The topological polar surface area (TPSA) is 146 Å². The summed E-state index contributed by atoms with van der Waals surface area (Å²) in [6, 6.07) is 12.4. The number of benzene rings is 2. The molecule has 1 aliphatic rings. The van der Waals surface area contributed by atoms with Crippen LogP contribution in [0.1, 0.15) is 65.8 Å². The molecular weight excluding hydrogens is 634 g/mol. The number of nitrogens with zero attached hydrogens (tertiary/aromatic N) is 1. The fraction of sp³-hybridized carbons (Fsp3) is 0.441. The maximum absolute atomic E-state index is 12.4. The zero-order chi connectivity index (χ0) is 34.6. The van der Waals surface area contributed by atoms with Gasteiger partial charge in [0.25, 0.3) is 0 Å². The van der Waals surface area contributed by atoms with Crippen LogP contribution in [0.5, 0.6) is 5.75 Å². The highest BCUT2D eigenvalue weighted by atomic mass is 35.5. The van der Waals surface area contributed by atoms with Crippen molar-refractivity contribution in [3.8, 4) is 5.75 Å². The maximum Gasteiger partial charge on any atom is 0.316 e. The number of rotatable bonds is 9. The van der Waals surface area contributed by atoms with Crippen LogP contribution >= 0.6 is 11.6 Å². The number of hydrogen-bond acceptors (Lipinski definition) is 11. The molecule has 1 fully saturated rings. The van der Waals surface area contributed by atoms with E-state index in [1.807, 2.05) is 12.1 Å². The molecule has 13 heteroatoms. The Morgan fingerprint density at radius 1 is 0.809 bits per heavy atom. The summed E-state index contributed by atoms with van der Waals surface area (Å²) >= 11 is 6.74. The van der Waals surface area contributed by atoms with Crippen LogP contribution < -0.4 is 4.74 Å². The average molecular weight is 672 g/mol. The van der Waals surface area contributed by atoms with Gasteiger partial charge in [-0.2, -0.15) is 0 Å². The minimum Gasteiger partial charge on any atom is -0.463 e. The third-order valence-electron chi connectivity index (χ3n) is 7.27. The Labute approximate surface area is 277 Å². The van der Waals surface area contributed by atoms with Crippen molar-refractivity contribution in [3.63, 3.8) is 0 Å². The molecule has 0 spiro atoms. The smallest absolute Gasteiger partial charge is 0.316 e. The molecule has 47 heavy (non-hydrogen) atoms. The normalized spacial score (nSPS) is 21.1. The van der Waals surface area contributed by atoms with Crippen LogP contribution in [0, 0.1) is 5.41 Å². The Kier molecular flexibility index (Phi) is 11.0. The van der Waals surface area contributed by atoms with Gasteiger partial charge in [-0.25, -0.2) is 0 Å². The molecule has 4 rings (SSSR count). The van der Waals surface area contributed by atoms with Gasteiger partial charge in [-0.15, -0.1) is 0 Å². The monoisotopic (exact) mass is 671 g/mol. The zero-order valence-electron chi connectivity index (χ0n) is 27.2. The second kappa shape index (κ2) is 14.6. The number of ether oxygens (including phenoxy) is 6. The summed E-state index contributed by atoms with van der Waals surface area (Å²) in [6.45, 7) is 9.69. The van der Waals surface area contributed by atoms with Crippen molar-refractivity contribution in [3.05, 3.63) is 64.8 Å². The summed E-state index contributed by atoms with van der Waals surface area (Å²) in [4.78, 5) is 60.9. The summed E-state index contributed by atoms with van der Waals surface area (Å²) in [7, 11) is 0. The highest BCUT2D eigenvalue weighted by molar-refractivity contribution is 6.35. The number of fused-ring (bicyclic) bond motifs is 1. The third-order valence-corrected chi connectivity index (χ3v) is 7.58. The number of aromatic nitrogens is 1. The van der Waals surface area contributed by atoms with Crippen LogP contribution in [0.3, 0.4) is 0 Å². The number of hydrogen-bond donors (Lipinski definition) is 0. The van der Waals surface area contributed by atoms with E-state index in [1.165, 1.54) is 20.8 Å². The molecule has 0 saturated carbocycles. The van der Waals surface area contributed by atoms with Gasteiger partial charge in [0.2, 0.25) is 0 Å². The first-order chi connectivity index (χ1) is 22.0. The zero-order valence-corrected chi connectivity index (χ0v) is 28.0. The van der Waals surface area contributed by atoms with E-state index in [4.69, 9.17) is 40.0 Å². The Balaban J connectivity index is 1.79. The second-order valence-corrected chi connectivity index (χ2v) is 12.7. The van der Waals surface area contributed by atoms with E-state index in [9.17, 15) is 24.0 Å². The van der Waals surface area contributed by atoms with E-state index < -0.39 is 59.9 Å². The molecule has 12 nitrogen and oxygen atoms in total. The Morgan fingerprint density at radius 2 is 1.40 bits per heavy atom. The molecule has 252 valence electrons. The van der Waals surface area contributed by atoms with Gasteiger partial charge in [0.15, 0.2) is 24.5 Å². The summed E-state index contributed by atoms with van der Waals surface area (Å²) in [5.41, 5.74) is 1.59. The molecule has 5 atom stereocenters. The predicted molar refractivity (Wildman–Crippen MR) is 168 cm³/mol. The van der Waals surface area contributed by atoms with E-state index in [0.717, 1.165) is 18.1 Å². The molecule has 0 bridgehead atoms. The molecule has 2 heterocycles. The minimum atomic E-state index is -1.33. The SMILES string of the molecule is CC(=O)OC[C@H]1O[C@@H](n2cc(Cc3ccc(OC(=O)C(C)(C)C)cc3)c3c(Cl)cccc32)[C@H](OC(C)=O)[C@@H](OC(C)=O)[C@@H]1OC(C)=O. The van der Waals surface area contributed by atoms with Gasteiger partial charge in [0.1, 0.15) is 18.5 Å². The summed E-state index contributed by atoms with van der Waals surface area (Å²) in [5, 5.41) is 1.13. The maximum atomic E-state index is 12.4. The van der Waals surface area contributed by atoms with E-state index >= 15 is 0 Å².